The van der Waals surface area contributed by atoms with Gasteiger partial charge < -0.3 is 10.5 Å². The minimum atomic E-state index is 0.481. The molecule has 0 spiro atoms. The monoisotopic (exact) mass is 228 g/mol. The second-order valence-electron chi connectivity index (χ2n) is 5.47. The molecule has 96 valence electrons. The number of methoxy groups -OCH3 is 1. The quantitative estimate of drug-likeness (QED) is 0.776. The lowest BCUT2D eigenvalue weighted by atomic mass is 9.86. The number of nitrogens with zero attached hydrogens (tertiary/aromatic N) is 1. The molecule has 1 aliphatic heterocycles. The average Bonchev–Trinajstić information content (AvgIpc) is 2.25. The summed E-state index contributed by atoms with van der Waals surface area (Å²) in [4.78, 5) is 2.56. The topological polar surface area (TPSA) is 38.5 Å². The van der Waals surface area contributed by atoms with Crippen LogP contribution in [0.5, 0.6) is 0 Å². The Kier molecular flexibility index (Phi) is 5.73. The molecule has 0 radical (unpaired) electrons. The predicted molar refractivity (Wildman–Crippen MR) is 68.4 cm³/mol. The van der Waals surface area contributed by atoms with Crippen LogP contribution in [0.4, 0.5) is 0 Å². The zero-order valence-electron chi connectivity index (χ0n) is 11.3. The minimum Gasteiger partial charge on any atom is -0.384 e. The Morgan fingerprint density at radius 1 is 1.38 bits per heavy atom. The van der Waals surface area contributed by atoms with Gasteiger partial charge in [0, 0.05) is 26.2 Å². The molecule has 16 heavy (non-hydrogen) atoms. The van der Waals surface area contributed by atoms with Gasteiger partial charge in [-0.05, 0) is 30.7 Å². The van der Waals surface area contributed by atoms with E-state index in [1.165, 1.54) is 19.5 Å². The van der Waals surface area contributed by atoms with Crippen molar-refractivity contribution >= 4 is 0 Å². The Hall–Kier alpha value is -0.120. The molecule has 1 rings (SSSR count). The van der Waals surface area contributed by atoms with Gasteiger partial charge in [0.25, 0.3) is 0 Å². The standard InChI is InChI=1S/C13H28N2O/c1-10-5-6-15(8-11(10)2)13(7-14)12(3)9-16-4/h10-13H,5-9,14H2,1-4H3. The van der Waals surface area contributed by atoms with Gasteiger partial charge in [-0.1, -0.05) is 20.8 Å². The van der Waals surface area contributed by atoms with E-state index in [0.717, 1.165) is 25.0 Å². The molecular weight excluding hydrogens is 200 g/mol. The van der Waals surface area contributed by atoms with Crippen LogP contribution in [0.15, 0.2) is 0 Å². The highest BCUT2D eigenvalue weighted by Gasteiger charge is 2.29. The maximum atomic E-state index is 5.92. The van der Waals surface area contributed by atoms with E-state index in [4.69, 9.17) is 10.5 Å². The van der Waals surface area contributed by atoms with Crippen molar-refractivity contribution < 1.29 is 4.74 Å². The zero-order valence-corrected chi connectivity index (χ0v) is 11.3. The number of hydrogen-bond donors (Lipinski definition) is 1. The summed E-state index contributed by atoms with van der Waals surface area (Å²) in [5, 5.41) is 0. The van der Waals surface area contributed by atoms with E-state index in [9.17, 15) is 0 Å². The summed E-state index contributed by atoms with van der Waals surface area (Å²) in [5.41, 5.74) is 5.92. The van der Waals surface area contributed by atoms with Crippen LogP contribution in [0.3, 0.4) is 0 Å². The number of hydrogen-bond acceptors (Lipinski definition) is 3. The molecular formula is C13H28N2O. The van der Waals surface area contributed by atoms with Gasteiger partial charge in [0.2, 0.25) is 0 Å². The second kappa shape index (κ2) is 6.58. The van der Waals surface area contributed by atoms with Crippen molar-refractivity contribution in [1.29, 1.82) is 0 Å². The lowest BCUT2D eigenvalue weighted by molar-refractivity contribution is 0.0449. The number of ether oxygens (including phenoxy) is 1. The normalized spacial score (nSPS) is 31.3. The van der Waals surface area contributed by atoms with Gasteiger partial charge in [0.1, 0.15) is 0 Å². The molecule has 0 saturated carbocycles. The van der Waals surface area contributed by atoms with Crippen LogP contribution in [-0.4, -0.2) is 44.3 Å². The van der Waals surface area contributed by atoms with E-state index >= 15 is 0 Å². The highest BCUT2D eigenvalue weighted by molar-refractivity contribution is 4.84. The molecule has 0 bridgehead atoms. The van der Waals surface area contributed by atoms with Gasteiger partial charge >= 0.3 is 0 Å². The first-order valence-corrected chi connectivity index (χ1v) is 6.53. The largest absolute Gasteiger partial charge is 0.384 e. The summed E-state index contributed by atoms with van der Waals surface area (Å²) in [6, 6.07) is 0.481. The Bertz CT molecular complexity index is 198. The fourth-order valence-electron chi connectivity index (χ4n) is 2.71. The third-order valence-corrected chi connectivity index (χ3v) is 4.16. The lowest BCUT2D eigenvalue weighted by Crippen LogP contribution is -2.51. The van der Waals surface area contributed by atoms with E-state index in [1.807, 2.05) is 0 Å². The molecule has 0 aliphatic carbocycles. The minimum absolute atomic E-state index is 0.481. The van der Waals surface area contributed by atoms with E-state index < -0.39 is 0 Å². The molecule has 3 nitrogen and oxygen atoms in total. The van der Waals surface area contributed by atoms with Crippen molar-refractivity contribution in [3.05, 3.63) is 0 Å². The molecule has 4 atom stereocenters. The van der Waals surface area contributed by atoms with Gasteiger partial charge in [-0.3, -0.25) is 4.90 Å². The molecule has 2 N–H and O–H groups in total. The molecule has 0 amide bonds. The van der Waals surface area contributed by atoms with Crippen LogP contribution in [0, 0.1) is 17.8 Å². The molecule has 1 saturated heterocycles. The number of nitrogens with two attached hydrogens (primary N) is 1. The molecule has 1 heterocycles. The SMILES string of the molecule is COCC(C)C(CN)N1CCC(C)C(C)C1. The third-order valence-electron chi connectivity index (χ3n) is 4.16. The summed E-state index contributed by atoms with van der Waals surface area (Å²) >= 11 is 0. The first-order valence-electron chi connectivity index (χ1n) is 6.53. The Balaban J connectivity index is 2.53. The highest BCUT2D eigenvalue weighted by Crippen LogP contribution is 2.25. The molecule has 3 heteroatoms. The Labute approximate surface area is 100 Å². The van der Waals surface area contributed by atoms with Crippen molar-refractivity contribution in [1.82, 2.24) is 4.90 Å². The van der Waals surface area contributed by atoms with E-state index in [2.05, 4.69) is 25.7 Å². The predicted octanol–water partition coefficient (Wildman–Crippen LogP) is 1.57. The summed E-state index contributed by atoms with van der Waals surface area (Å²) in [7, 11) is 1.77. The fourth-order valence-corrected chi connectivity index (χ4v) is 2.71. The van der Waals surface area contributed by atoms with E-state index in [-0.39, 0.29) is 0 Å². The lowest BCUT2D eigenvalue weighted by Gasteiger charge is -2.42. The van der Waals surface area contributed by atoms with E-state index in [0.29, 0.717) is 12.0 Å². The van der Waals surface area contributed by atoms with Crippen molar-refractivity contribution in [2.45, 2.75) is 33.2 Å². The second-order valence-corrected chi connectivity index (χ2v) is 5.47. The Morgan fingerprint density at radius 3 is 2.56 bits per heavy atom. The Morgan fingerprint density at radius 2 is 2.06 bits per heavy atom. The molecule has 0 aromatic heterocycles. The average molecular weight is 228 g/mol. The molecule has 0 aromatic carbocycles. The smallest absolute Gasteiger partial charge is 0.0503 e. The molecule has 1 fully saturated rings. The maximum absolute atomic E-state index is 5.92. The number of rotatable bonds is 5. The van der Waals surface area contributed by atoms with Gasteiger partial charge in [-0.25, -0.2) is 0 Å². The van der Waals surface area contributed by atoms with E-state index in [1.54, 1.807) is 7.11 Å². The third kappa shape index (κ3) is 3.44. The van der Waals surface area contributed by atoms with Crippen LogP contribution < -0.4 is 5.73 Å². The first-order chi connectivity index (χ1) is 7.60. The molecule has 0 aromatic rings. The number of likely N-dealkylation sites (tertiary alicyclic amines) is 1. The fraction of sp³-hybridized carbons (Fsp3) is 1.00. The molecule has 1 aliphatic rings. The summed E-state index contributed by atoms with van der Waals surface area (Å²) < 4.78 is 5.24. The maximum Gasteiger partial charge on any atom is 0.0503 e. The summed E-state index contributed by atoms with van der Waals surface area (Å²) in [6.07, 6.45) is 1.30. The van der Waals surface area contributed by atoms with Crippen LogP contribution in [0.1, 0.15) is 27.2 Å². The zero-order chi connectivity index (χ0) is 12.1. The van der Waals surface area contributed by atoms with Crippen molar-refractivity contribution in [2.75, 3.05) is 33.4 Å². The van der Waals surface area contributed by atoms with Gasteiger partial charge in [-0.15, -0.1) is 0 Å². The van der Waals surface area contributed by atoms with Gasteiger partial charge in [-0.2, -0.15) is 0 Å². The highest BCUT2D eigenvalue weighted by atomic mass is 16.5. The van der Waals surface area contributed by atoms with Crippen molar-refractivity contribution in [3.8, 4) is 0 Å². The van der Waals surface area contributed by atoms with Crippen molar-refractivity contribution in [2.24, 2.45) is 23.5 Å². The van der Waals surface area contributed by atoms with Gasteiger partial charge in [0.15, 0.2) is 0 Å². The van der Waals surface area contributed by atoms with Crippen LogP contribution in [0.25, 0.3) is 0 Å². The number of piperidine rings is 1. The summed E-state index contributed by atoms with van der Waals surface area (Å²) in [5.74, 6) is 2.17. The first kappa shape index (κ1) is 13.9. The van der Waals surface area contributed by atoms with Crippen LogP contribution >= 0.6 is 0 Å². The van der Waals surface area contributed by atoms with Crippen LogP contribution in [-0.2, 0) is 4.74 Å². The molecule has 4 unspecified atom stereocenters. The van der Waals surface area contributed by atoms with Gasteiger partial charge in [0.05, 0.1) is 6.61 Å². The summed E-state index contributed by atoms with van der Waals surface area (Å²) in [6.45, 7) is 10.9. The van der Waals surface area contributed by atoms with Crippen molar-refractivity contribution in [3.63, 3.8) is 0 Å². The van der Waals surface area contributed by atoms with Crippen LogP contribution in [0.2, 0.25) is 0 Å².